The molecule has 162 valence electrons. The highest BCUT2D eigenvalue weighted by atomic mass is 79.9. The maximum Gasteiger partial charge on any atom is 0.265 e. The number of fused-ring (bicyclic) bond motifs is 1. The van der Waals surface area contributed by atoms with Crippen molar-refractivity contribution in [1.82, 2.24) is 0 Å². The van der Waals surface area contributed by atoms with Crippen molar-refractivity contribution in [3.05, 3.63) is 92.6 Å². The van der Waals surface area contributed by atoms with Crippen LogP contribution in [0.15, 0.2) is 75.6 Å². The fourth-order valence-corrected chi connectivity index (χ4v) is 3.82. The smallest absolute Gasteiger partial charge is 0.265 e. The van der Waals surface area contributed by atoms with Crippen LogP contribution in [-0.2, 0) is 4.79 Å². The molecule has 4 rings (SSSR count). The number of furan rings is 1. The number of nitrogens with one attached hydrogen (secondary N) is 1. The van der Waals surface area contributed by atoms with Crippen molar-refractivity contribution in [2.75, 3.05) is 5.32 Å². The Bertz CT molecular complexity index is 1320. The van der Waals surface area contributed by atoms with Gasteiger partial charge in [-0.2, -0.15) is 0 Å². The molecule has 1 heterocycles. The maximum absolute atomic E-state index is 13.1. The first kappa shape index (κ1) is 22.4. The van der Waals surface area contributed by atoms with E-state index in [1.54, 1.807) is 67.6 Å². The van der Waals surface area contributed by atoms with E-state index >= 15 is 0 Å². The van der Waals surface area contributed by atoms with Crippen LogP contribution in [0.5, 0.6) is 5.75 Å². The summed E-state index contributed by atoms with van der Waals surface area (Å²) in [7, 11) is 0. The molecule has 5 nitrogen and oxygen atoms in total. The van der Waals surface area contributed by atoms with Crippen molar-refractivity contribution in [3.63, 3.8) is 0 Å². The number of amides is 1. The summed E-state index contributed by atoms with van der Waals surface area (Å²) in [6, 6.07) is 18.7. The van der Waals surface area contributed by atoms with E-state index < -0.39 is 12.0 Å². The Morgan fingerprint density at radius 3 is 2.47 bits per heavy atom. The summed E-state index contributed by atoms with van der Waals surface area (Å²) >= 11 is 15.4. The van der Waals surface area contributed by atoms with Gasteiger partial charge in [-0.25, -0.2) is 0 Å². The lowest BCUT2D eigenvalue weighted by molar-refractivity contribution is -0.122. The molecular formula is C24H16BrCl2NO4. The van der Waals surface area contributed by atoms with E-state index in [1.807, 2.05) is 0 Å². The summed E-state index contributed by atoms with van der Waals surface area (Å²) in [6.45, 7) is 1.58. The van der Waals surface area contributed by atoms with Crippen LogP contribution in [0.25, 0.3) is 11.0 Å². The SMILES string of the molecule is CC(Oc1ccc(Cl)cc1Cl)C(=O)Nc1c(C(=O)c2ccc(Br)cc2)oc2ccccc12. The number of para-hydroxylation sites is 1. The lowest BCUT2D eigenvalue weighted by Gasteiger charge is -2.16. The quantitative estimate of drug-likeness (QED) is 0.268. The van der Waals surface area contributed by atoms with Crippen LogP contribution < -0.4 is 10.1 Å². The number of halogens is 3. The highest BCUT2D eigenvalue weighted by Gasteiger charge is 2.25. The predicted molar refractivity (Wildman–Crippen MR) is 129 cm³/mol. The average Bonchev–Trinajstić information content (AvgIpc) is 3.14. The molecule has 0 saturated carbocycles. The van der Waals surface area contributed by atoms with E-state index in [0.29, 0.717) is 27.3 Å². The van der Waals surface area contributed by atoms with Crippen molar-refractivity contribution in [3.8, 4) is 5.75 Å². The number of carbonyl (C=O) groups is 2. The molecule has 0 saturated heterocycles. The molecule has 0 aliphatic heterocycles. The summed E-state index contributed by atoms with van der Waals surface area (Å²) < 4.78 is 12.4. The molecular weight excluding hydrogens is 517 g/mol. The van der Waals surface area contributed by atoms with Crippen molar-refractivity contribution >= 4 is 67.5 Å². The summed E-state index contributed by atoms with van der Waals surface area (Å²) in [5.41, 5.74) is 1.20. The Hall–Kier alpha value is -2.80. The van der Waals surface area contributed by atoms with Gasteiger partial charge in [0.25, 0.3) is 5.91 Å². The van der Waals surface area contributed by atoms with Gasteiger partial charge in [-0.15, -0.1) is 0 Å². The van der Waals surface area contributed by atoms with E-state index in [4.69, 9.17) is 32.4 Å². The minimum atomic E-state index is -0.905. The first-order valence-electron chi connectivity index (χ1n) is 9.58. The second kappa shape index (κ2) is 9.36. The zero-order chi connectivity index (χ0) is 22.8. The van der Waals surface area contributed by atoms with Crippen molar-refractivity contribution < 1.29 is 18.7 Å². The van der Waals surface area contributed by atoms with E-state index in [9.17, 15) is 9.59 Å². The molecule has 1 aromatic heterocycles. The molecule has 1 N–H and O–H groups in total. The normalized spacial score (nSPS) is 11.9. The zero-order valence-electron chi connectivity index (χ0n) is 16.7. The minimum absolute atomic E-state index is 0.0404. The average molecular weight is 533 g/mol. The van der Waals surface area contributed by atoms with E-state index in [2.05, 4.69) is 21.2 Å². The molecule has 0 radical (unpaired) electrons. The van der Waals surface area contributed by atoms with Crippen LogP contribution in [0.1, 0.15) is 23.0 Å². The van der Waals surface area contributed by atoms with Crippen molar-refractivity contribution in [2.24, 2.45) is 0 Å². The number of ether oxygens (including phenoxy) is 1. The van der Waals surface area contributed by atoms with Gasteiger partial charge in [0.15, 0.2) is 11.9 Å². The number of rotatable bonds is 6. The van der Waals surface area contributed by atoms with Crippen LogP contribution >= 0.6 is 39.1 Å². The Labute approximate surface area is 202 Å². The maximum atomic E-state index is 13.1. The molecule has 1 amide bonds. The molecule has 8 heteroatoms. The van der Waals surface area contributed by atoms with Crippen LogP contribution in [-0.4, -0.2) is 17.8 Å². The van der Waals surface area contributed by atoms with Gasteiger partial charge in [-0.3, -0.25) is 9.59 Å². The van der Waals surface area contributed by atoms with Gasteiger partial charge in [0.2, 0.25) is 5.78 Å². The van der Waals surface area contributed by atoms with Gasteiger partial charge in [-0.05, 0) is 61.5 Å². The topological polar surface area (TPSA) is 68.5 Å². The first-order chi connectivity index (χ1) is 15.3. The highest BCUT2D eigenvalue weighted by molar-refractivity contribution is 9.10. The number of benzene rings is 3. The number of anilines is 1. The standard InChI is InChI=1S/C24H16BrCl2NO4/c1-13(31-20-11-10-16(26)12-18(20)27)24(30)28-21-17-4-2-3-5-19(17)32-23(21)22(29)14-6-8-15(25)9-7-14/h2-13H,1H3,(H,28,30). The Morgan fingerprint density at radius 1 is 1.03 bits per heavy atom. The molecule has 0 fully saturated rings. The van der Waals surface area contributed by atoms with Crippen molar-refractivity contribution in [1.29, 1.82) is 0 Å². The lowest BCUT2D eigenvalue weighted by Crippen LogP contribution is -2.30. The van der Waals surface area contributed by atoms with Crippen molar-refractivity contribution in [2.45, 2.75) is 13.0 Å². The van der Waals surface area contributed by atoms with Gasteiger partial charge in [-0.1, -0.05) is 51.3 Å². The largest absolute Gasteiger partial charge is 0.479 e. The summed E-state index contributed by atoms with van der Waals surface area (Å²) in [4.78, 5) is 26.1. The van der Waals surface area contributed by atoms with E-state index in [0.717, 1.165) is 4.47 Å². The van der Waals surface area contributed by atoms with Crippen LogP contribution in [0, 0.1) is 0 Å². The minimum Gasteiger partial charge on any atom is -0.479 e. The second-order valence-corrected chi connectivity index (χ2v) is 8.72. The molecule has 4 aromatic rings. The highest BCUT2D eigenvalue weighted by Crippen LogP contribution is 2.33. The molecule has 0 spiro atoms. The summed E-state index contributed by atoms with van der Waals surface area (Å²) in [5.74, 6) is -0.453. The Balaban J connectivity index is 1.64. The molecule has 0 bridgehead atoms. The Kier molecular flexibility index (Phi) is 6.55. The Morgan fingerprint density at radius 2 is 1.75 bits per heavy atom. The van der Waals surface area contributed by atoms with Gasteiger partial charge in [0.05, 0.1) is 10.7 Å². The van der Waals surface area contributed by atoms with Crippen LogP contribution in [0.3, 0.4) is 0 Å². The number of hydrogen-bond donors (Lipinski definition) is 1. The fourth-order valence-electron chi connectivity index (χ4n) is 3.10. The van der Waals surface area contributed by atoms with Gasteiger partial charge in [0.1, 0.15) is 11.3 Å². The fraction of sp³-hybridized carbons (Fsp3) is 0.0833. The molecule has 1 unspecified atom stereocenters. The zero-order valence-corrected chi connectivity index (χ0v) is 19.8. The van der Waals surface area contributed by atoms with Crippen LogP contribution in [0.2, 0.25) is 10.0 Å². The second-order valence-electron chi connectivity index (χ2n) is 6.96. The van der Waals surface area contributed by atoms with Crippen LogP contribution in [0.4, 0.5) is 5.69 Å². The third kappa shape index (κ3) is 4.67. The number of ketones is 1. The van der Waals surface area contributed by atoms with Gasteiger partial charge in [0, 0.05) is 20.4 Å². The van der Waals surface area contributed by atoms with E-state index in [-0.39, 0.29) is 22.3 Å². The van der Waals surface area contributed by atoms with Gasteiger partial charge < -0.3 is 14.5 Å². The monoisotopic (exact) mass is 531 g/mol. The summed E-state index contributed by atoms with van der Waals surface area (Å²) in [5, 5.41) is 4.15. The van der Waals surface area contributed by atoms with E-state index in [1.165, 1.54) is 6.07 Å². The molecule has 0 aliphatic carbocycles. The molecule has 1 atom stereocenters. The molecule has 0 aliphatic rings. The third-order valence-electron chi connectivity index (χ3n) is 4.72. The van der Waals surface area contributed by atoms with Gasteiger partial charge >= 0.3 is 0 Å². The first-order valence-corrected chi connectivity index (χ1v) is 11.1. The molecule has 3 aromatic carbocycles. The molecule has 32 heavy (non-hydrogen) atoms. The lowest BCUT2D eigenvalue weighted by atomic mass is 10.1. The predicted octanol–water partition coefficient (Wildman–Crippen LogP) is 7.14. The number of hydrogen-bond acceptors (Lipinski definition) is 4. The number of carbonyl (C=O) groups excluding carboxylic acids is 2. The summed E-state index contributed by atoms with van der Waals surface area (Å²) in [6.07, 6.45) is -0.905. The third-order valence-corrected chi connectivity index (χ3v) is 5.78.